The summed E-state index contributed by atoms with van der Waals surface area (Å²) < 4.78 is 12.2. The molecule has 0 spiro atoms. The monoisotopic (exact) mass is 282 g/mol. The molecule has 0 heterocycles. The first-order valence-electron chi connectivity index (χ1n) is 6.60. The van der Waals surface area contributed by atoms with Crippen LogP contribution >= 0.6 is 0 Å². The van der Waals surface area contributed by atoms with E-state index in [2.05, 4.69) is 23.9 Å². The lowest BCUT2D eigenvalue weighted by atomic mass is 10.1. The van der Waals surface area contributed by atoms with E-state index in [-0.39, 0.29) is 0 Å². The predicted octanol–water partition coefficient (Wildman–Crippen LogP) is 2.85. The fraction of sp³-hybridized carbons (Fsp3) is 0.571. The lowest BCUT2D eigenvalue weighted by Gasteiger charge is -2.18. The van der Waals surface area contributed by atoms with Crippen LogP contribution in [0.15, 0.2) is 29.4 Å². The maximum absolute atomic E-state index is 12.2. The van der Waals surface area contributed by atoms with Gasteiger partial charge in [0.25, 0.3) is 0 Å². The van der Waals surface area contributed by atoms with Gasteiger partial charge in [0.15, 0.2) is 5.37 Å². The van der Waals surface area contributed by atoms with Crippen molar-refractivity contribution < 1.29 is 4.21 Å². The Morgan fingerprint density at radius 2 is 1.79 bits per heavy atom. The molecule has 0 aliphatic rings. The van der Waals surface area contributed by atoms with E-state index in [0.717, 1.165) is 30.8 Å². The molecule has 0 bridgehead atoms. The Hall–Kier alpha value is -1.07. The third-order valence-electron chi connectivity index (χ3n) is 3.21. The first kappa shape index (κ1) is 16.0. The Kier molecular flexibility index (Phi) is 6.87. The maximum Gasteiger partial charge on any atom is 0.191 e. The highest BCUT2D eigenvalue weighted by molar-refractivity contribution is 7.85. The first-order chi connectivity index (χ1) is 9.12. The number of nitrogens with zero attached hydrogens (tertiary/aromatic N) is 2. The molecule has 0 amide bonds. The number of hydrogen-bond donors (Lipinski definition) is 0. The summed E-state index contributed by atoms with van der Waals surface area (Å²) in [5.74, 6) is 0.478. The number of aryl methyl sites for hydroxylation is 1. The molecule has 1 aromatic rings. The van der Waals surface area contributed by atoms with Gasteiger partial charge in [-0.25, -0.2) is 0 Å². The van der Waals surface area contributed by atoms with Gasteiger partial charge < -0.3 is 4.90 Å². The van der Waals surface area contributed by atoms with E-state index < -0.39 is 16.2 Å². The summed E-state index contributed by atoms with van der Waals surface area (Å²) in [6.45, 7) is 8.71. The summed E-state index contributed by atoms with van der Waals surface area (Å²) in [5.41, 5.74) is 1.85. The molecule has 4 nitrogen and oxygen atoms in total. The zero-order valence-electron chi connectivity index (χ0n) is 11.8. The van der Waals surface area contributed by atoms with Gasteiger partial charge >= 0.3 is 0 Å². The Morgan fingerprint density at radius 3 is 2.26 bits per heavy atom. The van der Waals surface area contributed by atoms with Crippen molar-refractivity contribution in [1.29, 1.82) is 0 Å². The fourth-order valence-electron chi connectivity index (χ4n) is 1.86. The molecule has 2 atom stereocenters. The molecule has 19 heavy (non-hydrogen) atoms. The van der Waals surface area contributed by atoms with Crippen molar-refractivity contribution >= 4 is 10.8 Å². The molecule has 0 aliphatic carbocycles. The van der Waals surface area contributed by atoms with Crippen LogP contribution in [-0.2, 0) is 10.8 Å². The molecule has 0 saturated carbocycles. The highest BCUT2D eigenvalue weighted by Crippen LogP contribution is 2.21. The molecular formula is C14H22N2O2S. The minimum atomic E-state index is -1.26. The smallest absolute Gasteiger partial charge is 0.191 e. The van der Waals surface area contributed by atoms with Crippen LogP contribution in [0.5, 0.6) is 0 Å². The van der Waals surface area contributed by atoms with Crippen molar-refractivity contribution in [1.82, 2.24) is 4.90 Å². The second-order valence-electron chi connectivity index (χ2n) is 4.48. The first-order valence-corrected chi connectivity index (χ1v) is 7.99. The summed E-state index contributed by atoms with van der Waals surface area (Å²) in [5, 5.41) is 2.30. The molecule has 0 saturated heterocycles. The zero-order valence-corrected chi connectivity index (χ0v) is 12.7. The van der Waals surface area contributed by atoms with E-state index in [9.17, 15) is 9.12 Å². The van der Waals surface area contributed by atoms with Crippen molar-refractivity contribution in [2.75, 3.05) is 25.4 Å². The van der Waals surface area contributed by atoms with Crippen LogP contribution in [0, 0.1) is 11.8 Å². The van der Waals surface area contributed by atoms with E-state index in [1.807, 2.05) is 31.2 Å². The minimum Gasteiger partial charge on any atom is -0.303 e. The third-order valence-corrected chi connectivity index (χ3v) is 4.65. The molecule has 106 valence electrons. The standard InChI is InChI=1S/C14H22N2O2S/c1-4-16(5-2)10-11-19(18)14(15-17)13-8-6-12(3)7-9-13/h6-9,14H,4-5,10-11H2,1-3H3. The maximum atomic E-state index is 12.2. The molecule has 1 aromatic carbocycles. The third kappa shape index (κ3) is 4.84. The molecule has 5 heteroatoms. The molecule has 0 aromatic heterocycles. The van der Waals surface area contributed by atoms with Gasteiger partial charge in [-0.2, -0.15) is 0 Å². The minimum absolute atomic E-state index is 0.478. The van der Waals surface area contributed by atoms with Crippen LogP contribution in [0.25, 0.3) is 0 Å². The second-order valence-corrected chi connectivity index (χ2v) is 6.10. The van der Waals surface area contributed by atoms with Gasteiger partial charge in [0.1, 0.15) is 0 Å². The topological polar surface area (TPSA) is 49.7 Å². The molecule has 2 unspecified atom stereocenters. The summed E-state index contributed by atoms with van der Waals surface area (Å²) >= 11 is 0. The van der Waals surface area contributed by atoms with Crippen molar-refractivity contribution in [3.05, 3.63) is 40.3 Å². The van der Waals surface area contributed by atoms with Crippen LogP contribution in [0.1, 0.15) is 30.3 Å². The van der Waals surface area contributed by atoms with Crippen molar-refractivity contribution in [3.8, 4) is 0 Å². The van der Waals surface area contributed by atoms with Crippen LogP contribution in [0.4, 0.5) is 0 Å². The molecule has 0 aliphatic heterocycles. The van der Waals surface area contributed by atoms with Crippen LogP contribution in [0.3, 0.4) is 0 Å². The van der Waals surface area contributed by atoms with Crippen molar-refractivity contribution in [3.63, 3.8) is 0 Å². The summed E-state index contributed by atoms with van der Waals surface area (Å²) in [4.78, 5) is 13.1. The van der Waals surface area contributed by atoms with E-state index >= 15 is 0 Å². The van der Waals surface area contributed by atoms with E-state index in [1.165, 1.54) is 0 Å². The van der Waals surface area contributed by atoms with Gasteiger partial charge in [0.05, 0.1) is 10.8 Å². The van der Waals surface area contributed by atoms with Crippen LogP contribution in [0.2, 0.25) is 0 Å². The average molecular weight is 282 g/mol. The Labute approximate surface area is 117 Å². The zero-order chi connectivity index (χ0) is 14.3. The summed E-state index contributed by atoms with van der Waals surface area (Å²) in [6.07, 6.45) is 0. The highest BCUT2D eigenvalue weighted by atomic mass is 32.2. The predicted molar refractivity (Wildman–Crippen MR) is 80.5 cm³/mol. The second kappa shape index (κ2) is 8.17. The Bertz CT molecular complexity index is 416. The van der Waals surface area contributed by atoms with Gasteiger partial charge in [0, 0.05) is 12.3 Å². The Morgan fingerprint density at radius 1 is 1.21 bits per heavy atom. The SMILES string of the molecule is CCN(CC)CCS(=O)C(N=O)c1ccc(C)cc1. The molecule has 0 radical (unpaired) electrons. The van der Waals surface area contributed by atoms with Gasteiger partial charge in [0.2, 0.25) is 0 Å². The number of benzene rings is 1. The molecule has 0 N–H and O–H groups in total. The average Bonchev–Trinajstić information content (AvgIpc) is 2.43. The Balaban J connectivity index is 2.66. The molecular weight excluding hydrogens is 260 g/mol. The summed E-state index contributed by atoms with van der Waals surface area (Å²) in [7, 11) is -1.26. The molecule has 1 rings (SSSR count). The van der Waals surface area contributed by atoms with Crippen LogP contribution in [-0.4, -0.2) is 34.5 Å². The van der Waals surface area contributed by atoms with Gasteiger partial charge in [-0.05, 0) is 30.8 Å². The lowest BCUT2D eigenvalue weighted by Crippen LogP contribution is -2.28. The van der Waals surface area contributed by atoms with Crippen LogP contribution < -0.4 is 0 Å². The van der Waals surface area contributed by atoms with Crippen molar-refractivity contribution in [2.24, 2.45) is 5.18 Å². The quantitative estimate of drug-likeness (QED) is 0.689. The van der Waals surface area contributed by atoms with E-state index in [4.69, 9.17) is 0 Å². The molecule has 0 fully saturated rings. The largest absolute Gasteiger partial charge is 0.303 e. The number of hydrogen-bond acceptors (Lipinski definition) is 4. The number of rotatable bonds is 8. The highest BCUT2D eigenvalue weighted by Gasteiger charge is 2.19. The summed E-state index contributed by atoms with van der Waals surface area (Å²) in [6, 6.07) is 7.48. The normalized spacial score (nSPS) is 14.3. The lowest BCUT2D eigenvalue weighted by molar-refractivity contribution is 0.323. The van der Waals surface area contributed by atoms with Crippen molar-refractivity contribution in [2.45, 2.75) is 26.1 Å². The van der Waals surface area contributed by atoms with Gasteiger partial charge in [-0.1, -0.05) is 43.7 Å². The van der Waals surface area contributed by atoms with Gasteiger partial charge in [-0.15, -0.1) is 4.91 Å². The number of nitroso groups, excluding NO2 is 1. The van der Waals surface area contributed by atoms with Gasteiger partial charge in [-0.3, -0.25) is 4.21 Å². The van der Waals surface area contributed by atoms with E-state index in [1.54, 1.807) is 0 Å². The van der Waals surface area contributed by atoms with E-state index in [0.29, 0.717) is 5.75 Å². The fourth-order valence-corrected chi connectivity index (χ4v) is 3.08.